The number of nitrogens with zero attached hydrogens (tertiary/aromatic N) is 2. The van der Waals surface area contributed by atoms with E-state index < -0.39 is 0 Å². The fourth-order valence-corrected chi connectivity index (χ4v) is 1.24. The van der Waals surface area contributed by atoms with Crippen molar-refractivity contribution >= 4 is 5.95 Å². The minimum Gasteiger partial charge on any atom is -0.357 e. The van der Waals surface area contributed by atoms with Crippen molar-refractivity contribution in [2.45, 2.75) is 0 Å². The van der Waals surface area contributed by atoms with E-state index >= 15 is 0 Å². The number of nitrogens with one attached hydrogen (secondary N) is 1. The van der Waals surface area contributed by atoms with Crippen LogP contribution in [0, 0.1) is 0 Å². The summed E-state index contributed by atoms with van der Waals surface area (Å²) in [6, 6.07) is 10.1. The van der Waals surface area contributed by atoms with E-state index in [2.05, 4.69) is 15.3 Å². The van der Waals surface area contributed by atoms with E-state index in [-0.39, 0.29) is 0 Å². The van der Waals surface area contributed by atoms with Crippen molar-refractivity contribution in [3.05, 3.63) is 42.7 Å². The Balaban J connectivity index is 2.34. The highest BCUT2D eigenvalue weighted by molar-refractivity contribution is 5.61. The van der Waals surface area contributed by atoms with Crippen LogP contribution in [0.1, 0.15) is 0 Å². The van der Waals surface area contributed by atoms with Gasteiger partial charge in [0, 0.05) is 25.0 Å². The zero-order valence-corrected chi connectivity index (χ0v) is 7.94. The van der Waals surface area contributed by atoms with Crippen molar-refractivity contribution in [2.75, 3.05) is 12.4 Å². The molecule has 3 heteroatoms. The minimum absolute atomic E-state index is 0.643. The Morgan fingerprint density at radius 3 is 2.14 bits per heavy atom. The van der Waals surface area contributed by atoms with Gasteiger partial charge in [-0.3, -0.25) is 0 Å². The zero-order valence-electron chi connectivity index (χ0n) is 7.94. The molecule has 1 N–H and O–H groups in total. The predicted octanol–water partition coefficient (Wildman–Crippen LogP) is 2.19. The summed E-state index contributed by atoms with van der Waals surface area (Å²) in [7, 11) is 1.80. The van der Waals surface area contributed by atoms with Crippen LogP contribution in [0.5, 0.6) is 0 Å². The number of anilines is 1. The largest absolute Gasteiger partial charge is 0.357 e. The Bertz CT molecular complexity index is 395. The van der Waals surface area contributed by atoms with E-state index in [1.54, 1.807) is 7.05 Å². The summed E-state index contributed by atoms with van der Waals surface area (Å²) in [5.74, 6) is 0.643. The van der Waals surface area contributed by atoms with Crippen molar-refractivity contribution in [1.82, 2.24) is 9.97 Å². The first-order valence-corrected chi connectivity index (χ1v) is 4.45. The first-order chi connectivity index (χ1) is 6.90. The van der Waals surface area contributed by atoms with Crippen LogP contribution in [0.25, 0.3) is 11.1 Å². The molecule has 0 amide bonds. The molecule has 1 aromatic carbocycles. The van der Waals surface area contributed by atoms with Gasteiger partial charge in [-0.1, -0.05) is 30.3 Å². The monoisotopic (exact) mass is 185 g/mol. The Morgan fingerprint density at radius 1 is 0.929 bits per heavy atom. The number of hydrogen-bond donors (Lipinski definition) is 1. The topological polar surface area (TPSA) is 37.8 Å². The quantitative estimate of drug-likeness (QED) is 0.779. The smallest absolute Gasteiger partial charge is 0.222 e. The lowest BCUT2D eigenvalue weighted by molar-refractivity contribution is 1.15. The van der Waals surface area contributed by atoms with Crippen LogP contribution in [0.2, 0.25) is 0 Å². The highest BCUT2D eigenvalue weighted by Crippen LogP contribution is 2.16. The van der Waals surface area contributed by atoms with Crippen LogP contribution >= 0.6 is 0 Å². The molecular weight excluding hydrogens is 174 g/mol. The highest BCUT2D eigenvalue weighted by Gasteiger charge is 1.97. The van der Waals surface area contributed by atoms with Crippen molar-refractivity contribution in [3.8, 4) is 11.1 Å². The van der Waals surface area contributed by atoms with Gasteiger partial charge in [-0.05, 0) is 5.56 Å². The molecule has 0 saturated carbocycles. The predicted molar refractivity (Wildman–Crippen MR) is 57.0 cm³/mol. The third-order valence-electron chi connectivity index (χ3n) is 1.98. The SMILES string of the molecule is CNc1ncc(-c2ccccc2)cn1. The molecule has 0 unspecified atom stereocenters. The molecule has 0 aliphatic rings. The van der Waals surface area contributed by atoms with Crippen molar-refractivity contribution in [3.63, 3.8) is 0 Å². The van der Waals surface area contributed by atoms with E-state index in [9.17, 15) is 0 Å². The standard InChI is InChI=1S/C11H11N3/c1-12-11-13-7-10(8-14-11)9-5-3-2-4-6-9/h2-8H,1H3,(H,12,13,14). The normalized spacial score (nSPS) is 9.79. The van der Waals surface area contributed by atoms with Crippen molar-refractivity contribution in [1.29, 1.82) is 0 Å². The van der Waals surface area contributed by atoms with Crippen LogP contribution in [0.3, 0.4) is 0 Å². The maximum Gasteiger partial charge on any atom is 0.222 e. The van der Waals surface area contributed by atoms with Gasteiger partial charge in [-0.25, -0.2) is 9.97 Å². The third-order valence-corrected chi connectivity index (χ3v) is 1.98. The molecule has 1 heterocycles. The third kappa shape index (κ3) is 1.71. The van der Waals surface area contributed by atoms with Gasteiger partial charge in [0.15, 0.2) is 0 Å². The summed E-state index contributed by atoms with van der Waals surface area (Å²) < 4.78 is 0. The summed E-state index contributed by atoms with van der Waals surface area (Å²) in [6.45, 7) is 0. The second-order valence-electron chi connectivity index (χ2n) is 2.91. The lowest BCUT2D eigenvalue weighted by Gasteiger charge is -2.01. The summed E-state index contributed by atoms with van der Waals surface area (Å²) in [6.07, 6.45) is 3.63. The maximum atomic E-state index is 4.15. The summed E-state index contributed by atoms with van der Waals surface area (Å²) in [5, 5.41) is 2.88. The molecule has 0 spiro atoms. The Morgan fingerprint density at radius 2 is 1.57 bits per heavy atom. The Hall–Kier alpha value is -1.90. The molecule has 14 heavy (non-hydrogen) atoms. The van der Waals surface area contributed by atoms with E-state index in [0.717, 1.165) is 11.1 Å². The molecule has 70 valence electrons. The van der Waals surface area contributed by atoms with Gasteiger partial charge in [0.05, 0.1) is 0 Å². The first-order valence-electron chi connectivity index (χ1n) is 4.45. The molecule has 2 rings (SSSR count). The van der Waals surface area contributed by atoms with Crippen molar-refractivity contribution < 1.29 is 0 Å². The van der Waals surface area contributed by atoms with Crippen LogP contribution in [0.15, 0.2) is 42.7 Å². The molecule has 0 aliphatic carbocycles. The molecule has 3 nitrogen and oxygen atoms in total. The van der Waals surface area contributed by atoms with Crippen molar-refractivity contribution in [2.24, 2.45) is 0 Å². The van der Waals surface area contributed by atoms with Crippen LogP contribution in [0.4, 0.5) is 5.95 Å². The maximum absolute atomic E-state index is 4.15. The average molecular weight is 185 g/mol. The van der Waals surface area contributed by atoms with Crippen LogP contribution in [-0.4, -0.2) is 17.0 Å². The lowest BCUT2D eigenvalue weighted by Crippen LogP contribution is -1.95. The average Bonchev–Trinajstić information content (AvgIpc) is 2.30. The highest BCUT2D eigenvalue weighted by atomic mass is 15.1. The van der Waals surface area contributed by atoms with E-state index in [4.69, 9.17) is 0 Å². The molecule has 0 bridgehead atoms. The fraction of sp³-hybridized carbons (Fsp3) is 0.0909. The number of benzene rings is 1. The fourth-order valence-electron chi connectivity index (χ4n) is 1.24. The minimum atomic E-state index is 0.643. The number of rotatable bonds is 2. The molecule has 0 radical (unpaired) electrons. The zero-order chi connectivity index (χ0) is 9.80. The molecule has 0 atom stereocenters. The van der Waals surface area contributed by atoms with Gasteiger partial charge in [-0.2, -0.15) is 0 Å². The van der Waals surface area contributed by atoms with E-state index in [1.807, 2.05) is 42.7 Å². The van der Waals surface area contributed by atoms with Gasteiger partial charge in [0.1, 0.15) is 0 Å². The molecule has 1 aromatic heterocycles. The second kappa shape index (κ2) is 3.87. The van der Waals surface area contributed by atoms with Crippen LogP contribution < -0.4 is 5.32 Å². The molecule has 2 aromatic rings. The molecule has 0 aliphatic heterocycles. The van der Waals surface area contributed by atoms with Gasteiger partial charge < -0.3 is 5.32 Å². The van der Waals surface area contributed by atoms with Crippen LogP contribution in [-0.2, 0) is 0 Å². The number of hydrogen-bond acceptors (Lipinski definition) is 3. The lowest BCUT2D eigenvalue weighted by atomic mass is 10.1. The summed E-state index contributed by atoms with van der Waals surface area (Å²) in [5.41, 5.74) is 2.17. The van der Waals surface area contributed by atoms with Gasteiger partial charge in [0.2, 0.25) is 5.95 Å². The molecule has 0 saturated heterocycles. The summed E-state index contributed by atoms with van der Waals surface area (Å²) in [4.78, 5) is 8.30. The second-order valence-corrected chi connectivity index (χ2v) is 2.91. The van der Waals surface area contributed by atoms with E-state index in [0.29, 0.717) is 5.95 Å². The number of aromatic nitrogens is 2. The first kappa shape index (κ1) is 8.69. The van der Waals surface area contributed by atoms with Gasteiger partial charge in [0.25, 0.3) is 0 Å². The molecule has 0 fully saturated rings. The van der Waals surface area contributed by atoms with Gasteiger partial charge >= 0.3 is 0 Å². The molecular formula is C11H11N3. The summed E-state index contributed by atoms with van der Waals surface area (Å²) >= 11 is 0. The Labute approximate surface area is 82.8 Å². The van der Waals surface area contributed by atoms with E-state index in [1.165, 1.54) is 0 Å². The Kier molecular flexibility index (Phi) is 2.40. The van der Waals surface area contributed by atoms with Gasteiger partial charge in [-0.15, -0.1) is 0 Å².